The number of hydroxylamine groups is 2. The summed E-state index contributed by atoms with van der Waals surface area (Å²) in [6.45, 7) is 0. The summed E-state index contributed by atoms with van der Waals surface area (Å²) < 4.78 is 5.97. The molecule has 0 atom stereocenters. The summed E-state index contributed by atoms with van der Waals surface area (Å²) in [6.07, 6.45) is 0.846. The number of esters is 1. The number of rotatable bonds is 6. The van der Waals surface area contributed by atoms with Crippen molar-refractivity contribution in [2.75, 3.05) is 0 Å². The second-order valence-electron chi connectivity index (χ2n) is 8.00. The Morgan fingerprint density at radius 2 is 1.22 bits per heavy atom. The number of benzene rings is 3. The lowest BCUT2D eigenvalue weighted by atomic mass is 9.80. The number of amides is 2. The smallest absolute Gasteiger partial charge is 0.342 e. The van der Waals surface area contributed by atoms with Gasteiger partial charge in [0.15, 0.2) is 11.7 Å². The molecule has 1 aliphatic carbocycles. The van der Waals surface area contributed by atoms with Crippen LogP contribution in [0.5, 0.6) is 0 Å². The third kappa shape index (κ3) is 3.39. The van der Waals surface area contributed by atoms with Gasteiger partial charge in [0.25, 0.3) is 11.8 Å². The van der Waals surface area contributed by atoms with E-state index in [9.17, 15) is 14.4 Å². The van der Waals surface area contributed by atoms with E-state index in [2.05, 4.69) is 0 Å². The summed E-state index contributed by atoms with van der Waals surface area (Å²) in [4.78, 5) is 44.7. The van der Waals surface area contributed by atoms with E-state index >= 15 is 0 Å². The van der Waals surface area contributed by atoms with Gasteiger partial charge in [-0.15, -0.1) is 5.06 Å². The number of nitrogens with zero attached hydrogens (tertiary/aromatic N) is 1. The Bertz CT molecular complexity index is 1100. The zero-order valence-corrected chi connectivity index (χ0v) is 17.3. The van der Waals surface area contributed by atoms with Gasteiger partial charge in [0.2, 0.25) is 0 Å². The quantitative estimate of drug-likeness (QED) is 0.429. The Morgan fingerprint density at radius 1 is 0.750 bits per heavy atom. The van der Waals surface area contributed by atoms with Crippen LogP contribution in [0.2, 0.25) is 0 Å². The normalized spacial score (nSPS) is 16.6. The summed E-state index contributed by atoms with van der Waals surface area (Å²) in [5.41, 5.74) is 0.818. The predicted octanol–water partition coefficient (Wildman–Crippen LogP) is 4.47. The van der Waals surface area contributed by atoms with E-state index in [4.69, 9.17) is 9.57 Å². The lowest BCUT2D eigenvalue weighted by Gasteiger charge is -2.40. The van der Waals surface area contributed by atoms with E-state index in [1.165, 1.54) is 0 Å². The van der Waals surface area contributed by atoms with Gasteiger partial charge >= 0.3 is 5.97 Å². The van der Waals surface area contributed by atoms with Crippen LogP contribution in [0, 0.1) is 0 Å². The number of carbonyl (C=O) groups excluding carboxylic acids is 3. The van der Waals surface area contributed by atoms with E-state index in [-0.39, 0.29) is 11.1 Å². The molecule has 2 aliphatic rings. The zero-order chi connectivity index (χ0) is 22.1. The highest BCUT2D eigenvalue weighted by atomic mass is 16.7. The summed E-state index contributed by atoms with van der Waals surface area (Å²) >= 11 is 0. The molecule has 1 fully saturated rings. The largest absolute Gasteiger partial charge is 0.450 e. The van der Waals surface area contributed by atoms with Crippen molar-refractivity contribution >= 4 is 17.8 Å². The maximum atomic E-state index is 13.4. The van der Waals surface area contributed by atoms with Crippen molar-refractivity contribution in [1.82, 2.24) is 5.06 Å². The van der Waals surface area contributed by atoms with Gasteiger partial charge in [-0.2, -0.15) is 0 Å². The number of carbonyl (C=O) groups is 3. The molecule has 0 N–H and O–H groups in total. The first-order chi connectivity index (χ1) is 15.6. The molecule has 0 spiro atoms. The Kier molecular flexibility index (Phi) is 5.07. The van der Waals surface area contributed by atoms with Crippen molar-refractivity contribution in [3.63, 3.8) is 0 Å². The van der Waals surface area contributed by atoms with Crippen molar-refractivity contribution in [3.05, 3.63) is 107 Å². The second kappa shape index (κ2) is 8.05. The van der Waals surface area contributed by atoms with Crippen molar-refractivity contribution in [2.24, 2.45) is 0 Å². The first kappa shape index (κ1) is 20.2. The second-order valence-corrected chi connectivity index (χ2v) is 8.00. The summed E-state index contributed by atoms with van der Waals surface area (Å²) in [6, 6.07) is 25.4. The highest BCUT2D eigenvalue weighted by Gasteiger charge is 2.53. The van der Waals surface area contributed by atoms with E-state index < -0.39 is 29.5 Å². The molecule has 0 saturated heterocycles. The minimum absolute atomic E-state index is 0.270. The topological polar surface area (TPSA) is 72.9 Å². The summed E-state index contributed by atoms with van der Waals surface area (Å²) in [7, 11) is 0. The van der Waals surface area contributed by atoms with E-state index in [0.717, 1.165) is 17.5 Å². The molecule has 32 heavy (non-hydrogen) atoms. The first-order valence-electron chi connectivity index (χ1n) is 10.6. The number of hydrogen-bond donors (Lipinski definition) is 0. The fourth-order valence-corrected chi connectivity index (χ4v) is 4.05. The summed E-state index contributed by atoms with van der Waals surface area (Å²) in [5.74, 6) is -1.71. The molecule has 5 rings (SSSR count). The predicted molar refractivity (Wildman–Crippen MR) is 115 cm³/mol. The zero-order valence-electron chi connectivity index (χ0n) is 17.3. The highest BCUT2D eigenvalue weighted by molar-refractivity contribution is 6.20. The molecule has 160 valence electrons. The first-order valence-corrected chi connectivity index (χ1v) is 10.6. The number of hydrogen-bond acceptors (Lipinski definition) is 5. The SMILES string of the molecule is O=C1c2ccccc2C(=O)N1OC1(C(=O)OC(c2ccccc2)c2ccccc2)CCC1. The molecular formula is C26H21NO5. The van der Waals surface area contributed by atoms with Crippen LogP contribution in [0.15, 0.2) is 84.9 Å². The van der Waals surface area contributed by atoms with Crippen LogP contribution >= 0.6 is 0 Å². The fraction of sp³-hybridized carbons (Fsp3) is 0.192. The molecule has 6 nitrogen and oxygen atoms in total. The minimum atomic E-state index is -1.37. The Labute approximate surface area is 185 Å². The standard InChI is InChI=1S/C26H21NO5/c28-23-20-14-7-8-15-21(20)24(29)27(23)32-26(16-9-17-26)25(30)31-22(18-10-3-1-4-11-18)19-12-5-2-6-13-19/h1-8,10-15,22H,9,16-17H2. The van der Waals surface area contributed by atoms with Gasteiger partial charge in [-0.1, -0.05) is 72.8 Å². The van der Waals surface area contributed by atoms with Crippen molar-refractivity contribution in [1.29, 1.82) is 0 Å². The van der Waals surface area contributed by atoms with E-state index in [0.29, 0.717) is 17.9 Å². The van der Waals surface area contributed by atoms with Crippen LogP contribution in [0.4, 0.5) is 0 Å². The van der Waals surface area contributed by atoms with Gasteiger partial charge < -0.3 is 4.74 Å². The van der Waals surface area contributed by atoms with Gasteiger partial charge in [-0.25, -0.2) is 9.63 Å². The van der Waals surface area contributed by atoms with Crippen LogP contribution in [0.1, 0.15) is 57.2 Å². The van der Waals surface area contributed by atoms with Gasteiger partial charge in [0.05, 0.1) is 11.1 Å². The Balaban J connectivity index is 1.41. The molecule has 0 unspecified atom stereocenters. The molecule has 0 bridgehead atoms. The third-order valence-corrected chi connectivity index (χ3v) is 5.99. The summed E-state index contributed by atoms with van der Waals surface area (Å²) in [5, 5.41) is 0.713. The van der Waals surface area contributed by atoms with Crippen LogP contribution < -0.4 is 0 Å². The highest BCUT2D eigenvalue weighted by Crippen LogP contribution is 2.41. The molecule has 6 heteroatoms. The Morgan fingerprint density at radius 3 is 1.66 bits per heavy atom. The molecule has 1 aliphatic heterocycles. The average molecular weight is 427 g/mol. The van der Waals surface area contributed by atoms with Crippen molar-refractivity contribution < 1.29 is 24.0 Å². The van der Waals surface area contributed by atoms with E-state index in [1.54, 1.807) is 24.3 Å². The van der Waals surface area contributed by atoms with Crippen molar-refractivity contribution in [2.45, 2.75) is 31.0 Å². The van der Waals surface area contributed by atoms with Gasteiger partial charge in [0.1, 0.15) is 0 Å². The number of imide groups is 1. The molecule has 1 heterocycles. The molecule has 3 aromatic rings. The Hall–Kier alpha value is -3.77. The fourth-order valence-electron chi connectivity index (χ4n) is 4.05. The molecule has 2 amide bonds. The lowest BCUT2D eigenvalue weighted by molar-refractivity contribution is -0.235. The van der Waals surface area contributed by atoms with Crippen LogP contribution in [-0.4, -0.2) is 28.4 Å². The van der Waals surface area contributed by atoms with Gasteiger partial charge in [-0.3, -0.25) is 9.59 Å². The molecule has 1 saturated carbocycles. The van der Waals surface area contributed by atoms with E-state index in [1.807, 2.05) is 60.7 Å². The molecular weight excluding hydrogens is 406 g/mol. The minimum Gasteiger partial charge on any atom is -0.450 e. The van der Waals surface area contributed by atoms with Crippen LogP contribution in [0.3, 0.4) is 0 Å². The molecule has 0 aromatic heterocycles. The molecule has 0 radical (unpaired) electrons. The van der Waals surface area contributed by atoms with Gasteiger partial charge in [-0.05, 0) is 42.5 Å². The number of ether oxygens (including phenoxy) is 1. The average Bonchev–Trinajstić information content (AvgIpc) is 3.05. The third-order valence-electron chi connectivity index (χ3n) is 5.99. The maximum absolute atomic E-state index is 13.4. The molecule has 3 aromatic carbocycles. The van der Waals surface area contributed by atoms with Crippen LogP contribution in [0.25, 0.3) is 0 Å². The lowest BCUT2D eigenvalue weighted by Crippen LogP contribution is -2.54. The maximum Gasteiger partial charge on any atom is 0.342 e. The van der Waals surface area contributed by atoms with Gasteiger partial charge in [0, 0.05) is 0 Å². The van der Waals surface area contributed by atoms with Crippen LogP contribution in [-0.2, 0) is 14.4 Å². The monoisotopic (exact) mass is 427 g/mol. The van der Waals surface area contributed by atoms with Crippen molar-refractivity contribution in [3.8, 4) is 0 Å². The number of fused-ring (bicyclic) bond motifs is 1.